The van der Waals surface area contributed by atoms with Gasteiger partial charge in [0.2, 0.25) is 0 Å². The first-order valence-corrected chi connectivity index (χ1v) is 14.0. The van der Waals surface area contributed by atoms with Gasteiger partial charge < -0.3 is 0 Å². The third kappa shape index (κ3) is 2.59. The maximum Gasteiger partial charge on any atom is 0.181 e. The van der Waals surface area contributed by atoms with Crippen molar-refractivity contribution in [3.63, 3.8) is 0 Å². The molecule has 1 aliphatic heterocycles. The van der Waals surface area contributed by atoms with E-state index in [0.717, 1.165) is 0 Å². The van der Waals surface area contributed by atoms with Gasteiger partial charge >= 0.3 is 0 Å². The van der Waals surface area contributed by atoms with Crippen LogP contribution in [0.3, 0.4) is 0 Å². The summed E-state index contributed by atoms with van der Waals surface area (Å²) in [6.45, 7) is 2.19. The molecule has 0 atom stereocenters. The minimum Gasteiger partial charge on any atom is -0.0623 e. The molecule has 6 aromatic rings. The summed E-state index contributed by atoms with van der Waals surface area (Å²) in [6.07, 6.45) is 0. The van der Waals surface area contributed by atoms with Crippen LogP contribution in [0.15, 0.2) is 127 Å². The Labute approximate surface area is 201 Å². The van der Waals surface area contributed by atoms with Crippen LogP contribution in [0.5, 0.6) is 0 Å². The Balaban J connectivity index is 1.75. The zero-order valence-corrected chi connectivity index (χ0v) is 20.1. The Bertz CT molecular complexity index is 1660. The van der Waals surface area contributed by atoms with Gasteiger partial charge in [0.15, 0.2) is 8.07 Å². The highest BCUT2D eigenvalue weighted by Crippen LogP contribution is 2.34. The molecule has 0 unspecified atom stereocenters. The molecule has 0 N–H and O–H groups in total. The smallest absolute Gasteiger partial charge is 0.0623 e. The number of fused-ring (bicyclic) bond motifs is 6. The van der Waals surface area contributed by atoms with Crippen LogP contribution in [-0.4, -0.2) is 8.07 Å². The van der Waals surface area contributed by atoms with Crippen molar-refractivity contribution in [3.8, 4) is 11.1 Å². The summed E-state index contributed by atoms with van der Waals surface area (Å²) in [5.74, 6) is 0. The fourth-order valence-electron chi connectivity index (χ4n) is 6.13. The van der Waals surface area contributed by atoms with Crippen LogP contribution in [0.2, 0.25) is 0 Å². The van der Waals surface area contributed by atoms with Gasteiger partial charge in [0, 0.05) is 0 Å². The van der Waals surface area contributed by atoms with Gasteiger partial charge in [-0.1, -0.05) is 127 Å². The van der Waals surface area contributed by atoms with Gasteiger partial charge in [-0.05, 0) is 66.4 Å². The monoisotopic (exact) mass is 448 g/mol. The average Bonchev–Trinajstić information content (AvgIpc) is 3.19. The van der Waals surface area contributed by atoms with Crippen molar-refractivity contribution in [1.29, 1.82) is 0 Å². The molecular formula is C33H24Si. The Morgan fingerprint density at radius 2 is 1.12 bits per heavy atom. The standard InChI is InChI=1S/C33H24Si/c1-23-16-17-25-21-31-30-19-18-24-10-8-9-15-29(24)33(30)34(27-11-4-2-5-12-27,28-13-6-3-7-14-28)32(31)22-26(25)20-23/h2-22H,1H3. The van der Waals surface area contributed by atoms with Crippen molar-refractivity contribution in [2.45, 2.75) is 6.92 Å². The number of aryl methyl sites for hydroxylation is 1. The van der Waals surface area contributed by atoms with Crippen LogP contribution in [-0.2, 0) is 0 Å². The zero-order chi connectivity index (χ0) is 22.7. The first kappa shape index (κ1) is 19.5. The first-order valence-electron chi connectivity index (χ1n) is 12.0. The van der Waals surface area contributed by atoms with Crippen LogP contribution in [0.25, 0.3) is 32.7 Å². The van der Waals surface area contributed by atoms with Crippen molar-refractivity contribution in [2.24, 2.45) is 0 Å². The molecule has 0 saturated carbocycles. The summed E-state index contributed by atoms with van der Waals surface area (Å²) in [5.41, 5.74) is 4.10. The van der Waals surface area contributed by atoms with Gasteiger partial charge in [0.1, 0.15) is 0 Å². The second kappa shape index (κ2) is 7.28. The lowest BCUT2D eigenvalue weighted by Crippen LogP contribution is -2.73. The van der Waals surface area contributed by atoms with Crippen LogP contribution >= 0.6 is 0 Å². The molecule has 1 heterocycles. The van der Waals surface area contributed by atoms with Crippen molar-refractivity contribution < 1.29 is 0 Å². The van der Waals surface area contributed by atoms with Crippen LogP contribution < -0.4 is 20.7 Å². The van der Waals surface area contributed by atoms with E-state index >= 15 is 0 Å². The maximum atomic E-state index is 2.51. The van der Waals surface area contributed by atoms with Crippen molar-refractivity contribution in [3.05, 3.63) is 133 Å². The van der Waals surface area contributed by atoms with E-state index in [-0.39, 0.29) is 0 Å². The molecule has 1 aliphatic rings. The molecule has 7 rings (SSSR count). The Hall–Kier alpha value is -3.94. The lowest BCUT2D eigenvalue weighted by atomic mass is 9.98. The van der Waals surface area contributed by atoms with E-state index in [0.29, 0.717) is 0 Å². The van der Waals surface area contributed by atoms with Crippen molar-refractivity contribution in [1.82, 2.24) is 0 Å². The van der Waals surface area contributed by atoms with E-state index in [1.54, 1.807) is 0 Å². The van der Waals surface area contributed by atoms with Crippen LogP contribution in [0, 0.1) is 6.92 Å². The third-order valence-corrected chi connectivity index (χ3v) is 12.5. The number of hydrogen-bond acceptors (Lipinski definition) is 0. The molecule has 34 heavy (non-hydrogen) atoms. The Kier molecular flexibility index (Phi) is 4.18. The van der Waals surface area contributed by atoms with Crippen LogP contribution in [0.4, 0.5) is 0 Å². The second-order valence-corrected chi connectivity index (χ2v) is 13.1. The fraction of sp³-hybridized carbons (Fsp3) is 0.0303. The Morgan fingerprint density at radius 1 is 0.471 bits per heavy atom. The molecule has 160 valence electrons. The molecule has 0 saturated heterocycles. The summed E-state index contributed by atoms with van der Waals surface area (Å²) < 4.78 is 0. The molecule has 0 spiro atoms. The molecule has 0 radical (unpaired) electrons. The minimum atomic E-state index is -2.52. The van der Waals surface area contributed by atoms with Gasteiger partial charge in [0.05, 0.1) is 0 Å². The predicted molar refractivity (Wildman–Crippen MR) is 149 cm³/mol. The van der Waals surface area contributed by atoms with Gasteiger partial charge in [-0.2, -0.15) is 0 Å². The number of benzene rings is 6. The highest BCUT2D eigenvalue weighted by atomic mass is 28.3. The van der Waals surface area contributed by atoms with E-state index < -0.39 is 8.07 Å². The summed E-state index contributed by atoms with van der Waals surface area (Å²) in [4.78, 5) is 0. The lowest BCUT2D eigenvalue weighted by Gasteiger charge is -2.32. The second-order valence-electron chi connectivity index (χ2n) is 9.44. The van der Waals surface area contributed by atoms with Gasteiger partial charge in [-0.25, -0.2) is 0 Å². The van der Waals surface area contributed by atoms with E-state index in [9.17, 15) is 0 Å². The van der Waals surface area contributed by atoms with E-state index in [4.69, 9.17) is 0 Å². The van der Waals surface area contributed by atoms with E-state index in [1.807, 2.05) is 0 Å². The molecular weight excluding hydrogens is 424 g/mol. The third-order valence-electron chi connectivity index (χ3n) is 7.54. The molecule has 0 fully saturated rings. The number of hydrogen-bond donors (Lipinski definition) is 0. The topological polar surface area (TPSA) is 0 Å². The average molecular weight is 449 g/mol. The molecule has 0 aliphatic carbocycles. The fourth-order valence-corrected chi connectivity index (χ4v) is 11.6. The van der Waals surface area contributed by atoms with Crippen LogP contribution in [0.1, 0.15) is 5.56 Å². The van der Waals surface area contributed by atoms with Crippen molar-refractivity contribution >= 4 is 50.4 Å². The highest BCUT2D eigenvalue weighted by molar-refractivity contribution is 7.23. The molecule has 1 heteroatoms. The van der Waals surface area contributed by atoms with E-state index in [1.165, 1.54) is 59.0 Å². The number of rotatable bonds is 2. The summed E-state index contributed by atoms with van der Waals surface area (Å²) in [7, 11) is -2.52. The SMILES string of the molecule is Cc1ccc2cc3c(cc2c1)[Si](c1ccccc1)(c1ccccc1)c1c-3ccc2ccccc12. The normalized spacial score (nSPS) is 13.7. The molecule has 6 aromatic carbocycles. The lowest BCUT2D eigenvalue weighted by molar-refractivity contribution is 1.51. The first-order chi connectivity index (χ1) is 16.8. The molecule has 0 amide bonds. The van der Waals surface area contributed by atoms with E-state index in [2.05, 4.69) is 134 Å². The molecule has 0 aromatic heterocycles. The van der Waals surface area contributed by atoms with Gasteiger partial charge in [-0.15, -0.1) is 0 Å². The summed E-state index contributed by atoms with van der Waals surface area (Å²) >= 11 is 0. The van der Waals surface area contributed by atoms with Gasteiger partial charge in [0.25, 0.3) is 0 Å². The highest BCUT2D eigenvalue weighted by Gasteiger charge is 2.49. The van der Waals surface area contributed by atoms with Gasteiger partial charge in [-0.3, -0.25) is 0 Å². The zero-order valence-electron chi connectivity index (χ0n) is 19.1. The summed E-state index contributed by atoms with van der Waals surface area (Å²) in [6, 6.07) is 48.0. The Morgan fingerprint density at radius 3 is 1.85 bits per heavy atom. The maximum absolute atomic E-state index is 2.52. The largest absolute Gasteiger partial charge is 0.181 e. The molecule has 0 bridgehead atoms. The predicted octanol–water partition coefficient (Wildman–Crippen LogP) is 5.66. The quantitative estimate of drug-likeness (QED) is 0.299. The summed E-state index contributed by atoms with van der Waals surface area (Å²) in [5, 5.41) is 11.3. The minimum absolute atomic E-state index is 1.31. The van der Waals surface area contributed by atoms with Crippen molar-refractivity contribution in [2.75, 3.05) is 0 Å². The molecule has 0 nitrogen and oxygen atoms in total.